The zero-order valence-corrected chi connectivity index (χ0v) is 13.9. The fourth-order valence-electron chi connectivity index (χ4n) is 4.36. The fraction of sp³-hybridized carbons (Fsp3) is 0.421. The molecule has 1 N–H and O–H groups in total. The third-order valence-electron chi connectivity index (χ3n) is 5.62. The van der Waals surface area contributed by atoms with E-state index in [1.165, 1.54) is 18.2 Å². The van der Waals surface area contributed by atoms with Crippen LogP contribution in [0, 0.1) is 17.7 Å². The SMILES string of the molecule is O[C@]1(c2cccc(F)c2)CC[C@@H]2CN(c3cccc(C(F)(F)F)n3)C[C@@H]21. The number of nitrogens with zero attached hydrogens (tertiary/aromatic N) is 2. The molecule has 0 radical (unpaired) electrons. The molecule has 138 valence electrons. The second-order valence-corrected chi connectivity index (χ2v) is 7.12. The molecule has 0 unspecified atom stereocenters. The maximum atomic E-state index is 13.6. The number of benzene rings is 1. The maximum Gasteiger partial charge on any atom is 0.433 e. The molecule has 1 aliphatic heterocycles. The summed E-state index contributed by atoms with van der Waals surface area (Å²) >= 11 is 0. The monoisotopic (exact) mass is 366 g/mol. The van der Waals surface area contributed by atoms with Crippen LogP contribution < -0.4 is 4.90 Å². The number of halogens is 4. The maximum absolute atomic E-state index is 13.6. The standard InChI is InChI=1S/C19H18F4N2O/c20-14-4-1-3-13(9-14)18(26)8-7-12-10-25(11-15(12)18)17-6-2-5-16(24-17)19(21,22)23/h1-6,9,12,15,26H,7-8,10-11H2/t12-,15+,18+/m1/s1. The molecule has 2 aromatic rings. The van der Waals surface area contributed by atoms with Crippen molar-refractivity contribution in [1.29, 1.82) is 0 Å². The first-order valence-electron chi connectivity index (χ1n) is 8.55. The quantitative estimate of drug-likeness (QED) is 0.817. The van der Waals surface area contributed by atoms with Crippen molar-refractivity contribution in [3.05, 3.63) is 59.5 Å². The summed E-state index contributed by atoms with van der Waals surface area (Å²) in [5.41, 5.74) is -1.56. The lowest BCUT2D eigenvalue weighted by molar-refractivity contribution is -0.141. The molecular weight excluding hydrogens is 348 g/mol. The number of anilines is 1. The molecule has 3 atom stereocenters. The summed E-state index contributed by atoms with van der Waals surface area (Å²) in [5.74, 6) is -0.176. The van der Waals surface area contributed by atoms with E-state index in [1.807, 2.05) is 0 Å². The zero-order valence-electron chi connectivity index (χ0n) is 13.9. The predicted molar refractivity (Wildman–Crippen MR) is 88.0 cm³/mol. The van der Waals surface area contributed by atoms with E-state index in [0.717, 1.165) is 12.5 Å². The lowest BCUT2D eigenvalue weighted by atomic mass is 9.82. The molecule has 0 bridgehead atoms. The van der Waals surface area contributed by atoms with Crippen LogP contribution in [0.5, 0.6) is 0 Å². The number of rotatable bonds is 2. The molecule has 0 amide bonds. The second kappa shape index (κ2) is 5.94. The van der Waals surface area contributed by atoms with Gasteiger partial charge in [0.25, 0.3) is 0 Å². The minimum Gasteiger partial charge on any atom is -0.385 e. The molecule has 1 aliphatic carbocycles. The van der Waals surface area contributed by atoms with Crippen LogP contribution in [0.25, 0.3) is 0 Å². The van der Waals surface area contributed by atoms with Crippen LogP contribution >= 0.6 is 0 Å². The van der Waals surface area contributed by atoms with Crippen LogP contribution in [-0.2, 0) is 11.8 Å². The topological polar surface area (TPSA) is 36.4 Å². The molecule has 2 aliphatic rings. The Morgan fingerprint density at radius 3 is 2.62 bits per heavy atom. The molecule has 1 saturated heterocycles. The average molecular weight is 366 g/mol. The fourth-order valence-corrected chi connectivity index (χ4v) is 4.36. The summed E-state index contributed by atoms with van der Waals surface area (Å²) in [4.78, 5) is 5.53. The molecule has 2 fully saturated rings. The summed E-state index contributed by atoms with van der Waals surface area (Å²) in [6.45, 7) is 0.933. The summed E-state index contributed by atoms with van der Waals surface area (Å²) in [7, 11) is 0. The minimum atomic E-state index is -4.49. The van der Waals surface area contributed by atoms with E-state index in [1.54, 1.807) is 23.1 Å². The molecular formula is C19H18F4N2O. The van der Waals surface area contributed by atoms with Crippen molar-refractivity contribution in [2.24, 2.45) is 11.8 Å². The molecule has 1 aromatic heterocycles. The highest BCUT2D eigenvalue weighted by molar-refractivity contribution is 5.43. The van der Waals surface area contributed by atoms with Crippen molar-refractivity contribution in [2.45, 2.75) is 24.6 Å². The van der Waals surface area contributed by atoms with Gasteiger partial charge >= 0.3 is 6.18 Å². The van der Waals surface area contributed by atoms with Crippen molar-refractivity contribution in [1.82, 2.24) is 4.98 Å². The van der Waals surface area contributed by atoms with Crippen molar-refractivity contribution >= 4 is 5.82 Å². The van der Waals surface area contributed by atoms with Gasteiger partial charge in [-0.2, -0.15) is 13.2 Å². The molecule has 2 heterocycles. The molecule has 4 rings (SSSR count). The van der Waals surface area contributed by atoms with Gasteiger partial charge in [0.05, 0.1) is 5.60 Å². The van der Waals surface area contributed by atoms with Crippen molar-refractivity contribution in [3.8, 4) is 0 Å². The molecule has 3 nitrogen and oxygen atoms in total. The van der Waals surface area contributed by atoms with Crippen LogP contribution in [0.3, 0.4) is 0 Å². The third kappa shape index (κ3) is 2.84. The van der Waals surface area contributed by atoms with Gasteiger partial charge in [-0.05, 0) is 48.6 Å². The summed E-state index contributed by atoms with van der Waals surface area (Å²) < 4.78 is 52.3. The number of hydrogen-bond acceptors (Lipinski definition) is 3. The van der Waals surface area contributed by atoms with E-state index >= 15 is 0 Å². The Balaban J connectivity index is 1.61. The van der Waals surface area contributed by atoms with Gasteiger partial charge in [-0.3, -0.25) is 0 Å². The van der Waals surface area contributed by atoms with Crippen molar-refractivity contribution < 1.29 is 22.7 Å². The highest BCUT2D eigenvalue weighted by Crippen LogP contribution is 2.51. The number of alkyl halides is 3. The van der Waals surface area contributed by atoms with Gasteiger partial charge in [-0.1, -0.05) is 18.2 Å². The predicted octanol–water partition coefficient (Wildman–Crippen LogP) is 3.97. The van der Waals surface area contributed by atoms with Gasteiger partial charge in [-0.25, -0.2) is 9.37 Å². The Morgan fingerprint density at radius 1 is 1.12 bits per heavy atom. The normalized spacial score (nSPS) is 28.4. The average Bonchev–Trinajstić information content (AvgIpc) is 3.16. The number of fused-ring (bicyclic) bond motifs is 1. The van der Waals surface area contributed by atoms with Gasteiger partial charge < -0.3 is 10.0 Å². The Hall–Kier alpha value is -2.15. The molecule has 7 heteroatoms. The first kappa shape index (κ1) is 17.3. The first-order chi connectivity index (χ1) is 12.3. The number of pyridine rings is 1. The van der Waals surface area contributed by atoms with E-state index in [2.05, 4.69) is 4.98 Å². The van der Waals surface area contributed by atoms with E-state index in [4.69, 9.17) is 0 Å². The van der Waals surface area contributed by atoms with Crippen molar-refractivity contribution in [2.75, 3.05) is 18.0 Å². The Bertz CT molecular complexity index is 825. The van der Waals surface area contributed by atoms with Gasteiger partial charge in [0, 0.05) is 19.0 Å². The summed E-state index contributed by atoms with van der Waals surface area (Å²) in [6, 6.07) is 9.78. The Labute approximate surface area is 148 Å². The van der Waals surface area contributed by atoms with E-state index in [9.17, 15) is 22.7 Å². The van der Waals surface area contributed by atoms with Crippen LogP contribution in [0.1, 0.15) is 24.1 Å². The Morgan fingerprint density at radius 2 is 1.88 bits per heavy atom. The van der Waals surface area contributed by atoms with Crippen LogP contribution in [0.15, 0.2) is 42.5 Å². The van der Waals surface area contributed by atoms with Crippen molar-refractivity contribution in [3.63, 3.8) is 0 Å². The van der Waals surface area contributed by atoms with Crippen LogP contribution in [0.2, 0.25) is 0 Å². The summed E-state index contributed by atoms with van der Waals surface area (Å²) in [6.07, 6.45) is -3.23. The molecule has 26 heavy (non-hydrogen) atoms. The smallest absolute Gasteiger partial charge is 0.385 e. The zero-order chi connectivity index (χ0) is 18.5. The Kier molecular flexibility index (Phi) is 3.95. The number of hydrogen-bond donors (Lipinski definition) is 1. The van der Waals surface area contributed by atoms with Gasteiger partial charge in [0.1, 0.15) is 17.3 Å². The van der Waals surface area contributed by atoms with Gasteiger partial charge in [0.2, 0.25) is 0 Å². The summed E-state index contributed by atoms with van der Waals surface area (Å²) in [5, 5.41) is 11.2. The minimum absolute atomic E-state index is 0.139. The number of aliphatic hydroxyl groups is 1. The first-order valence-corrected chi connectivity index (χ1v) is 8.55. The van der Waals surface area contributed by atoms with E-state index in [-0.39, 0.29) is 17.7 Å². The van der Waals surface area contributed by atoms with Gasteiger partial charge in [-0.15, -0.1) is 0 Å². The lowest BCUT2D eigenvalue weighted by Crippen LogP contribution is -2.35. The highest BCUT2D eigenvalue weighted by Gasteiger charge is 2.52. The molecule has 0 spiro atoms. The lowest BCUT2D eigenvalue weighted by Gasteiger charge is -2.31. The second-order valence-electron chi connectivity index (χ2n) is 7.12. The van der Waals surface area contributed by atoms with E-state index in [0.29, 0.717) is 25.1 Å². The van der Waals surface area contributed by atoms with Crippen LogP contribution in [-0.4, -0.2) is 23.2 Å². The number of aromatic nitrogens is 1. The molecule has 1 saturated carbocycles. The highest BCUT2D eigenvalue weighted by atomic mass is 19.4. The van der Waals surface area contributed by atoms with Crippen LogP contribution in [0.4, 0.5) is 23.4 Å². The largest absolute Gasteiger partial charge is 0.433 e. The third-order valence-corrected chi connectivity index (χ3v) is 5.62. The molecule has 1 aromatic carbocycles. The van der Waals surface area contributed by atoms with E-state index < -0.39 is 23.3 Å². The van der Waals surface area contributed by atoms with Gasteiger partial charge in [0.15, 0.2) is 0 Å².